The molecule has 1 heterocycles. The molecule has 0 saturated carbocycles. The Morgan fingerprint density at radius 1 is 1.25 bits per heavy atom. The van der Waals surface area contributed by atoms with Crippen LogP contribution >= 0.6 is 23.5 Å². The normalized spacial score (nSPS) is 15.3. The quantitative estimate of drug-likeness (QED) is 0.207. The molecule has 1 atom stereocenters. The summed E-state index contributed by atoms with van der Waals surface area (Å²) in [6.07, 6.45) is 5.58. The lowest BCUT2D eigenvalue weighted by Crippen LogP contribution is -2.23. The van der Waals surface area contributed by atoms with Crippen molar-refractivity contribution >= 4 is 41.2 Å². The third-order valence-electron chi connectivity index (χ3n) is 4.53. The number of aldehydes is 1. The van der Waals surface area contributed by atoms with Crippen LogP contribution in [-0.4, -0.2) is 37.1 Å². The second-order valence-electron chi connectivity index (χ2n) is 7.07. The topological polar surface area (TPSA) is 49.8 Å². The predicted molar refractivity (Wildman–Crippen MR) is 136 cm³/mol. The number of unbranched alkanes of at least 4 members (excludes halogenated alkanes) is 1. The molecule has 0 saturated heterocycles. The number of ether oxygens (including phenoxy) is 1. The summed E-state index contributed by atoms with van der Waals surface area (Å²) in [5.74, 6) is 1.14. The summed E-state index contributed by atoms with van der Waals surface area (Å²) < 4.78 is 18.6. The van der Waals surface area contributed by atoms with Gasteiger partial charge in [0.15, 0.2) is 12.1 Å². The van der Waals surface area contributed by atoms with E-state index in [1.165, 1.54) is 24.6 Å². The van der Waals surface area contributed by atoms with Crippen molar-refractivity contribution in [1.82, 2.24) is 0 Å². The molecule has 7 heteroatoms. The number of fused-ring (bicyclic) bond motifs is 1. The summed E-state index contributed by atoms with van der Waals surface area (Å²) in [6, 6.07) is 14.3. The Morgan fingerprint density at radius 2 is 1.91 bits per heavy atom. The Labute approximate surface area is 200 Å². The summed E-state index contributed by atoms with van der Waals surface area (Å²) in [6.45, 7) is 7.53. The Balaban J connectivity index is 0.000000769. The molecule has 176 valence electrons. The summed E-state index contributed by atoms with van der Waals surface area (Å²) in [7, 11) is 1.00. The number of carbonyl (C=O) groups is 1. The molecule has 0 aromatic heterocycles. The highest BCUT2D eigenvalue weighted by molar-refractivity contribution is 7.99. The number of para-hydroxylation sites is 1. The van der Waals surface area contributed by atoms with E-state index < -0.39 is 5.83 Å². The number of thioether (sulfide) groups is 2. The maximum Gasteiger partial charge on any atom is 0.197 e. The van der Waals surface area contributed by atoms with Gasteiger partial charge in [0.1, 0.15) is 12.0 Å². The Kier molecular flexibility index (Phi) is 13.8. The molecule has 2 aromatic carbocycles. The molecule has 4 nitrogen and oxygen atoms in total. The molecular weight excluding hydrogens is 445 g/mol. The molecule has 0 aliphatic carbocycles. The van der Waals surface area contributed by atoms with Gasteiger partial charge in [-0.05, 0) is 36.4 Å². The Bertz CT molecular complexity index is 845. The van der Waals surface area contributed by atoms with E-state index in [0.29, 0.717) is 11.7 Å². The zero-order valence-electron chi connectivity index (χ0n) is 19.5. The highest BCUT2D eigenvalue weighted by atomic mass is 32.2. The van der Waals surface area contributed by atoms with E-state index in [-0.39, 0.29) is 6.29 Å². The van der Waals surface area contributed by atoms with Gasteiger partial charge < -0.3 is 14.7 Å². The van der Waals surface area contributed by atoms with E-state index in [1.807, 2.05) is 30.5 Å². The molecule has 1 N–H and O–H groups in total. The van der Waals surface area contributed by atoms with Crippen molar-refractivity contribution in [2.75, 3.05) is 30.6 Å². The van der Waals surface area contributed by atoms with E-state index >= 15 is 0 Å². The highest BCUT2D eigenvalue weighted by Gasteiger charge is 2.23. The second kappa shape index (κ2) is 15.8. The maximum atomic E-state index is 13.1. The molecule has 1 aliphatic rings. The van der Waals surface area contributed by atoms with E-state index in [0.717, 1.165) is 46.8 Å². The van der Waals surface area contributed by atoms with Gasteiger partial charge in [0.05, 0.1) is 10.6 Å². The van der Waals surface area contributed by atoms with E-state index in [9.17, 15) is 9.18 Å². The number of anilines is 2. The third-order valence-corrected chi connectivity index (χ3v) is 6.67. The number of nitrogens with zero attached hydrogens (tertiary/aromatic N) is 1. The van der Waals surface area contributed by atoms with Crippen molar-refractivity contribution < 1.29 is 19.0 Å². The summed E-state index contributed by atoms with van der Waals surface area (Å²) in [5.41, 5.74) is 2.28. The maximum absolute atomic E-state index is 13.1. The number of aliphatic hydroxyl groups is 1. The number of aliphatic hydroxyl groups excluding tert-OH is 1. The van der Waals surface area contributed by atoms with Gasteiger partial charge >= 0.3 is 0 Å². The number of hydrogen-bond acceptors (Lipinski definition) is 6. The zero-order chi connectivity index (χ0) is 23.9. The van der Waals surface area contributed by atoms with Gasteiger partial charge in [-0.25, -0.2) is 0 Å². The number of halogens is 1. The second-order valence-corrected chi connectivity index (χ2v) is 8.98. The minimum Gasteiger partial charge on any atom is -0.461 e. The van der Waals surface area contributed by atoms with Gasteiger partial charge in [0, 0.05) is 30.0 Å². The lowest BCUT2D eigenvalue weighted by molar-refractivity contribution is -0.106. The minimum atomic E-state index is -0.931. The van der Waals surface area contributed by atoms with Gasteiger partial charge in [0.2, 0.25) is 0 Å². The first-order chi connectivity index (χ1) is 15.5. The molecule has 0 radical (unpaired) electrons. The van der Waals surface area contributed by atoms with E-state index in [2.05, 4.69) is 43.9 Å². The van der Waals surface area contributed by atoms with Crippen LogP contribution in [0.15, 0.2) is 64.3 Å². The van der Waals surface area contributed by atoms with Gasteiger partial charge in [-0.1, -0.05) is 51.8 Å². The molecular formula is C25H34FNO3S2. The summed E-state index contributed by atoms with van der Waals surface area (Å²) >= 11 is 3.31. The molecule has 3 rings (SSSR count). The standard InChI is InChI=1S/C20H20FNO2S2.C4H10.CH4O/c1-14-10-22(16-6-4-3-5-7-16)17-8-20(25-2)18(9-19(17)26-13-14)24-12-15(21)11-23;1-3-4-2;1-2/h3-9,11-12,14H,10,13H2,1-2H3;3-4H2,1-2H3;2H,1H3/b15-12-;;. The number of benzene rings is 2. The molecule has 0 spiro atoms. The summed E-state index contributed by atoms with van der Waals surface area (Å²) in [5, 5.41) is 7.00. The van der Waals surface area contributed by atoms with Crippen molar-refractivity contribution in [2.24, 2.45) is 5.92 Å². The first-order valence-corrected chi connectivity index (χ1v) is 12.8. The van der Waals surface area contributed by atoms with Crippen LogP contribution < -0.4 is 9.64 Å². The predicted octanol–water partition coefficient (Wildman–Crippen LogP) is 7.09. The largest absolute Gasteiger partial charge is 0.461 e. The van der Waals surface area contributed by atoms with Crippen LogP contribution in [0.1, 0.15) is 33.6 Å². The van der Waals surface area contributed by atoms with Gasteiger partial charge in [-0.3, -0.25) is 4.79 Å². The molecule has 0 amide bonds. The minimum absolute atomic E-state index is 0.135. The molecule has 2 aromatic rings. The van der Waals surface area contributed by atoms with Crippen molar-refractivity contribution in [3.05, 3.63) is 54.6 Å². The molecule has 0 bridgehead atoms. The fourth-order valence-electron chi connectivity index (χ4n) is 2.80. The molecule has 1 unspecified atom stereocenters. The number of allylic oxidation sites excluding steroid dienone is 1. The average molecular weight is 480 g/mol. The number of carbonyl (C=O) groups excluding carboxylic acids is 1. The number of hydrogen-bond donors (Lipinski definition) is 1. The Morgan fingerprint density at radius 3 is 2.47 bits per heavy atom. The smallest absolute Gasteiger partial charge is 0.197 e. The van der Waals surface area contributed by atoms with Crippen molar-refractivity contribution in [3.63, 3.8) is 0 Å². The van der Waals surface area contributed by atoms with Crippen LogP contribution in [0.25, 0.3) is 0 Å². The van der Waals surface area contributed by atoms with Gasteiger partial charge in [-0.15, -0.1) is 23.5 Å². The average Bonchev–Trinajstić information content (AvgIpc) is 3.02. The fourth-order valence-corrected chi connectivity index (χ4v) is 4.42. The van der Waals surface area contributed by atoms with Crippen LogP contribution in [0.4, 0.5) is 15.8 Å². The van der Waals surface area contributed by atoms with Crippen molar-refractivity contribution in [2.45, 2.75) is 43.4 Å². The lowest BCUT2D eigenvalue weighted by Gasteiger charge is -2.27. The first kappa shape index (κ1) is 28.1. The molecule has 0 fully saturated rings. The van der Waals surface area contributed by atoms with Crippen LogP contribution in [0.2, 0.25) is 0 Å². The van der Waals surface area contributed by atoms with E-state index in [4.69, 9.17) is 9.84 Å². The van der Waals surface area contributed by atoms with Crippen LogP contribution in [0.3, 0.4) is 0 Å². The summed E-state index contributed by atoms with van der Waals surface area (Å²) in [4.78, 5) is 14.8. The van der Waals surface area contributed by atoms with Gasteiger partial charge in [0.25, 0.3) is 0 Å². The van der Waals surface area contributed by atoms with Crippen LogP contribution in [-0.2, 0) is 4.79 Å². The van der Waals surface area contributed by atoms with Crippen molar-refractivity contribution in [1.29, 1.82) is 0 Å². The third kappa shape index (κ3) is 8.52. The molecule has 1 aliphatic heterocycles. The first-order valence-electron chi connectivity index (χ1n) is 10.6. The lowest BCUT2D eigenvalue weighted by atomic mass is 10.1. The van der Waals surface area contributed by atoms with Gasteiger partial charge in [-0.2, -0.15) is 4.39 Å². The highest BCUT2D eigenvalue weighted by Crippen LogP contribution is 2.44. The van der Waals surface area contributed by atoms with Crippen LogP contribution in [0, 0.1) is 5.92 Å². The number of rotatable bonds is 6. The zero-order valence-corrected chi connectivity index (χ0v) is 21.1. The molecule has 32 heavy (non-hydrogen) atoms. The fraction of sp³-hybridized carbons (Fsp3) is 0.400. The van der Waals surface area contributed by atoms with E-state index in [1.54, 1.807) is 11.8 Å². The SMILES string of the molecule is CCCC.CO.CSc1cc2c(cc1O/C=C(\F)C=O)SCC(C)CN2c1ccccc1. The van der Waals surface area contributed by atoms with Crippen LogP contribution in [0.5, 0.6) is 5.75 Å². The Hall–Kier alpha value is -1.96. The van der Waals surface area contributed by atoms with Crippen molar-refractivity contribution in [3.8, 4) is 5.75 Å². The monoisotopic (exact) mass is 479 g/mol.